The summed E-state index contributed by atoms with van der Waals surface area (Å²) in [6, 6.07) is 13.3. The van der Waals surface area contributed by atoms with Crippen molar-refractivity contribution in [3.05, 3.63) is 59.9 Å². The first-order valence-corrected chi connectivity index (χ1v) is 8.43. The number of ether oxygens (including phenoxy) is 1. The van der Waals surface area contributed by atoms with Gasteiger partial charge in [-0.25, -0.2) is 4.39 Å². The monoisotopic (exact) mass is 358 g/mol. The number of rotatable bonds is 8. The number of benzene rings is 2. The Kier molecular flexibility index (Phi) is 7.14. The molecule has 0 heterocycles. The molecule has 2 amide bonds. The van der Waals surface area contributed by atoms with E-state index in [9.17, 15) is 14.0 Å². The van der Waals surface area contributed by atoms with Crippen molar-refractivity contribution in [3.8, 4) is 5.75 Å². The number of nitrogens with zero attached hydrogens (tertiary/aromatic N) is 1. The van der Waals surface area contributed by atoms with Gasteiger partial charge in [0.1, 0.15) is 11.6 Å². The fourth-order valence-electron chi connectivity index (χ4n) is 2.30. The van der Waals surface area contributed by atoms with E-state index in [1.54, 1.807) is 19.2 Å². The zero-order valence-electron chi connectivity index (χ0n) is 15.0. The Bertz CT molecular complexity index is 747. The van der Waals surface area contributed by atoms with Crippen LogP contribution in [0.2, 0.25) is 0 Å². The van der Waals surface area contributed by atoms with E-state index in [1.807, 2.05) is 31.2 Å². The molecule has 26 heavy (non-hydrogen) atoms. The number of hydrogen-bond acceptors (Lipinski definition) is 3. The molecule has 0 aliphatic rings. The molecule has 0 fully saturated rings. The molecule has 1 N–H and O–H groups in total. The minimum atomic E-state index is -0.363. The van der Waals surface area contributed by atoms with Crippen LogP contribution in [0.5, 0.6) is 5.75 Å². The average Bonchev–Trinajstić information content (AvgIpc) is 2.60. The Labute approximate surface area is 152 Å². The molecule has 5 nitrogen and oxygen atoms in total. The molecular formula is C20H23FN2O3. The third-order valence-corrected chi connectivity index (χ3v) is 3.74. The van der Waals surface area contributed by atoms with Gasteiger partial charge < -0.3 is 15.0 Å². The van der Waals surface area contributed by atoms with Gasteiger partial charge in [-0.2, -0.15) is 0 Å². The lowest BCUT2D eigenvalue weighted by Crippen LogP contribution is -2.34. The molecule has 0 spiro atoms. The number of carbonyl (C=O) groups is 2. The van der Waals surface area contributed by atoms with Gasteiger partial charge in [-0.05, 0) is 37.6 Å². The first-order chi connectivity index (χ1) is 12.4. The van der Waals surface area contributed by atoms with Crippen molar-refractivity contribution >= 4 is 17.5 Å². The van der Waals surface area contributed by atoms with Gasteiger partial charge in [0.15, 0.2) is 0 Å². The van der Waals surface area contributed by atoms with Gasteiger partial charge in [0.2, 0.25) is 11.8 Å². The summed E-state index contributed by atoms with van der Waals surface area (Å²) in [6.07, 6.45) is 0.739. The molecule has 2 rings (SSSR count). The third kappa shape index (κ3) is 6.55. The van der Waals surface area contributed by atoms with E-state index in [-0.39, 0.29) is 30.6 Å². The standard InChI is InChI=1S/C20H23FN2O3/c1-15-8-10-17(11-9-15)22-19(24)14-23(2)20(25)7-4-12-26-18-6-3-5-16(21)13-18/h3,5-6,8-11,13H,4,7,12,14H2,1-2H3,(H,22,24). The van der Waals surface area contributed by atoms with Crippen LogP contribution in [-0.4, -0.2) is 36.9 Å². The SMILES string of the molecule is Cc1ccc(NC(=O)CN(C)C(=O)CCCOc2cccc(F)c2)cc1. The highest BCUT2D eigenvalue weighted by atomic mass is 19.1. The molecule has 2 aromatic carbocycles. The largest absolute Gasteiger partial charge is 0.493 e. The van der Waals surface area contributed by atoms with Gasteiger partial charge in [0.05, 0.1) is 13.2 Å². The quantitative estimate of drug-likeness (QED) is 0.736. The molecule has 0 aliphatic carbocycles. The van der Waals surface area contributed by atoms with Gasteiger partial charge in [0, 0.05) is 25.2 Å². The van der Waals surface area contributed by atoms with E-state index in [4.69, 9.17) is 4.74 Å². The normalized spacial score (nSPS) is 10.3. The van der Waals surface area contributed by atoms with E-state index in [1.165, 1.54) is 17.0 Å². The van der Waals surface area contributed by atoms with Crippen LogP contribution in [-0.2, 0) is 9.59 Å². The number of hydrogen-bond donors (Lipinski definition) is 1. The van der Waals surface area contributed by atoms with Crippen LogP contribution < -0.4 is 10.1 Å². The van der Waals surface area contributed by atoms with Gasteiger partial charge in [0.25, 0.3) is 0 Å². The summed E-state index contributed by atoms with van der Waals surface area (Å²) >= 11 is 0. The minimum Gasteiger partial charge on any atom is -0.493 e. The summed E-state index contributed by atoms with van der Waals surface area (Å²) in [4.78, 5) is 25.4. The highest BCUT2D eigenvalue weighted by Gasteiger charge is 2.13. The lowest BCUT2D eigenvalue weighted by molar-refractivity contribution is -0.133. The maximum atomic E-state index is 13.0. The van der Waals surface area contributed by atoms with Crippen LogP contribution in [0.25, 0.3) is 0 Å². The molecule has 0 saturated heterocycles. The summed E-state index contributed by atoms with van der Waals surface area (Å²) in [6.45, 7) is 2.26. The number of carbonyl (C=O) groups excluding carboxylic acids is 2. The molecule has 2 aromatic rings. The smallest absolute Gasteiger partial charge is 0.243 e. The van der Waals surface area contributed by atoms with Crippen molar-refractivity contribution in [3.63, 3.8) is 0 Å². The van der Waals surface area contributed by atoms with Crippen molar-refractivity contribution in [1.29, 1.82) is 0 Å². The zero-order chi connectivity index (χ0) is 18.9. The fraction of sp³-hybridized carbons (Fsp3) is 0.300. The second-order valence-corrected chi connectivity index (χ2v) is 6.07. The Morgan fingerprint density at radius 1 is 1.15 bits per heavy atom. The summed E-state index contributed by atoms with van der Waals surface area (Å²) in [5, 5.41) is 2.76. The summed E-state index contributed by atoms with van der Waals surface area (Å²) in [7, 11) is 1.59. The van der Waals surface area contributed by atoms with Crippen molar-refractivity contribution < 1.29 is 18.7 Å². The summed E-state index contributed by atoms with van der Waals surface area (Å²) in [5.41, 5.74) is 1.81. The van der Waals surface area contributed by atoms with E-state index >= 15 is 0 Å². The highest BCUT2D eigenvalue weighted by molar-refractivity contribution is 5.94. The van der Waals surface area contributed by atoms with Crippen LogP contribution >= 0.6 is 0 Å². The number of amides is 2. The summed E-state index contributed by atoms with van der Waals surface area (Å²) < 4.78 is 18.4. The van der Waals surface area contributed by atoms with Crippen molar-refractivity contribution in [2.45, 2.75) is 19.8 Å². The molecule has 0 atom stereocenters. The minimum absolute atomic E-state index is 0.0164. The maximum Gasteiger partial charge on any atom is 0.243 e. The number of halogens is 1. The molecule has 0 aliphatic heterocycles. The number of aryl methyl sites for hydroxylation is 1. The van der Waals surface area contributed by atoms with Crippen molar-refractivity contribution in [1.82, 2.24) is 4.90 Å². The molecule has 0 radical (unpaired) electrons. The third-order valence-electron chi connectivity index (χ3n) is 3.74. The summed E-state index contributed by atoms with van der Waals surface area (Å²) in [5.74, 6) is -0.325. The lowest BCUT2D eigenvalue weighted by Gasteiger charge is -2.17. The number of nitrogens with one attached hydrogen (secondary N) is 1. The number of anilines is 1. The van der Waals surface area contributed by atoms with Crippen LogP contribution in [0, 0.1) is 12.7 Å². The fourth-order valence-corrected chi connectivity index (χ4v) is 2.30. The van der Waals surface area contributed by atoms with E-state index in [0.29, 0.717) is 24.5 Å². The molecule has 6 heteroatoms. The molecule has 0 unspecified atom stereocenters. The van der Waals surface area contributed by atoms with Crippen molar-refractivity contribution in [2.24, 2.45) is 0 Å². The van der Waals surface area contributed by atoms with Crippen LogP contribution in [0.4, 0.5) is 10.1 Å². The molecule has 0 saturated carbocycles. The second-order valence-electron chi connectivity index (χ2n) is 6.07. The second kappa shape index (κ2) is 9.56. The number of likely N-dealkylation sites (N-methyl/N-ethyl adjacent to an activating group) is 1. The predicted octanol–water partition coefficient (Wildman–Crippen LogP) is 3.39. The van der Waals surface area contributed by atoms with Crippen LogP contribution in [0.15, 0.2) is 48.5 Å². The Morgan fingerprint density at radius 3 is 2.58 bits per heavy atom. The van der Waals surface area contributed by atoms with Gasteiger partial charge in [-0.1, -0.05) is 23.8 Å². The lowest BCUT2D eigenvalue weighted by atomic mass is 10.2. The molecular weight excluding hydrogens is 335 g/mol. The highest BCUT2D eigenvalue weighted by Crippen LogP contribution is 2.12. The van der Waals surface area contributed by atoms with Gasteiger partial charge in [-0.3, -0.25) is 9.59 Å². The van der Waals surface area contributed by atoms with E-state index in [2.05, 4.69) is 5.32 Å². The van der Waals surface area contributed by atoms with E-state index in [0.717, 1.165) is 5.56 Å². The van der Waals surface area contributed by atoms with Gasteiger partial charge >= 0.3 is 0 Å². The maximum absolute atomic E-state index is 13.0. The van der Waals surface area contributed by atoms with Crippen LogP contribution in [0.1, 0.15) is 18.4 Å². The first-order valence-electron chi connectivity index (χ1n) is 8.43. The predicted molar refractivity (Wildman–Crippen MR) is 98.6 cm³/mol. The van der Waals surface area contributed by atoms with Crippen LogP contribution in [0.3, 0.4) is 0 Å². The topological polar surface area (TPSA) is 58.6 Å². The van der Waals surface area contributed by atoms with Gasteiger partial charge in [-0.15, -0.1) is 0 Å². The Morgan fingerprint density at radius 2 is 1.88 bits per heavy atom. The van der Waals surface area contributed by atoms with E-state index < -0.39 is 0 Å². The molecule has 0 bridgehead atoms. The zero-order valence-corrected chi connectivity index (χ0v) is 15.0. The average molecular weight is 358 g/mol. The van der Waals surface area contributed by atoms with Crippen molar-refractivity contribution in [2.75, 3.05) is 25.5 Å². The first kappa shape index (κ1) is 19.4. The molecule has 0 aromatic heterocycles. The molecule has 138 valence electrons. The Balaban J connectivity index is 1.68. The Hall–Kier alpha value is -2.89.